The van der Waals surface area contributed by atoms with Gasteiger partial charge in [0.05, 0.1) is 6.07 Å². The van der Waals surface area contributed by atoms with Crippen LogP contribution in [0.2, 0.25) is 0 Å². The second-order valence-electron chi connectivity index (χ2n) is 3.62. The molecule has 2 aromatic rings. The molecule has 0 aliphatic carbocycles. The molecule has 6 heteroatoms. The molecule has 0 radical (unpaired) electrons. The molecule has 0 saturated carbocycles. The van der Waals surface area contributed by atoms with Gasteiger partial charge in [-0.3, -0.25) is 9.59 Å². The minimum absolute atomic E-state index is 0.336. The molecule has 2 rings (SSSR count). The lowest BCUT2D eigenvalue weighted by Crippen LogP contribution is -2.28. The SMILES string of the molecule is N#C[C@H](C(=O)Nc1nccs1)C(=O)c1ccccc1. The number of ketones is 1. The van der Waals surface area contributed by atoms with E-state index in [4.69, 9.17) is 5.26 Å². The molecule has 0 aliphatic rings. The number of thiazole rings is 1. The summed E-state index contributed by atoms with van der Waals surface area (Å²) in [5.41, 5.74) is 0.336. The highest BCUT2D eigenvalue weighted by Gasteiger charge is 2.27. The van der Waals surface area contributed by atoms with Crippen molar-refractivity contribution in [1.29, 1.82) is 5.26 Å². The Bertz CT molecular complexity index is 617. The molecular weight excluding hydrogens is 262 g/mol. The Morgan fingerprint density at radius 1 is 1.32 bits per heavy atom. The van der Waals surface area contributed by atoms with Crippen molar-refractivity contribution < 1.29 is 9.59 Å². The average Bonchev–Trinajstić information content (AvgIpc) is 2.93. The number of nitrogens with one attached hydrogen (secondary N) is 1. The molecule has 0 bridgehead atoms. The van der Waals surface area contributed by atoms with Crippen molar-refractivity contribution in [1.82, 2.24) is 4.98 Å². The maximum Gasteiger partial charge on any atom is 0.251 e. The number of carbonyl (C=O) groups is 2. The van der Waals surface area contributed by atoms with Crippen LogP contribution in [-0.4, -0.2) is 16.7 Å². The van der Waals surface area contributed by atoms with Crippen molar-refractivity contribution in [3.8, 4) is 6.07 Å². The van der Waals surface area contributed by atoms with Crippen LogP contribution in [0.3, 0.4) is 0 Å². The Labute approximate surface area is 113 Å². The predicted octanol–water partition coefficient (Wildman–Crippen LogP) is 2.10. The number of amides is 1. The summed E-state index contributed by atoms with van der Waals surface area (Å²) < 4.78 is 0. The molecule has 0 saturated heterocycles. The predicted molar refractivity (Wildman–Crippen MR) is 70.6 cm³/mol. The molecule has 5 nitrogen and oxygen atoms in total. The molecule has 1 heterocycles. The van der Waals surface area contributed by atoms with Crippen LogP contribution >= 0.6 is 11.3 Å². The summed E-state index contributed by atoms with van der Waals surface area (Å²) >= 11 is 1.22. The monoisotopic (exact) mass is 271 g/mol. The lowest BCUT2D eigenvalue weighted by atomic mass is 9.98. The standard InChI is InChI=1S/C13H9N3O2S/c14-8-10(11(17)9-4-2-1-3-5-9)12(18)16-13-15-6-7-19-13/h1-7,10H,(H,15,16,18)/t10-/m0/s1. The van der Waals surface area contributed by atoms with E-state index in [0.29, 0.717) is 10.7 Å². The van der Waals surface area contributed by atoms with Gasteiger partial charge in [-0.2, -0.15) is 5.26 Å². The van der Waals surface area contributed by atoms with Crippen molar-refractivity contribution in [2.75, 3.05) is 5.32 Å². The first-order chi connectivity index (χ1) is 9.22. The Balaban J connectivity index is 2.14. The van der Waals surface area contributed by atoms with Gasteiger partial charge in [0.25, 0.3) is 5.91 Å². The van der Waals surface area contributed by atoms with Crippen LogP contribution < -0.4 is 5.32 Å². The van der Waals surface area contributed by atoms with E-state index in [1.165, 1.54) is 17.5 Å². The molecule has 1 N–H and O–H groups in total. The Morgan fingerprint density at radius 3 is 2.63 bits per heavy atom. The number of Topliss-reactive ketones (excluding diaryl/α,β-unsaturated/α-hetero) is 1. The normalized spacial score (nSPS) is 11.3. The highest BCUT2D eigenvalue weighted by atomic mass is 32.1. The maximum atomic E-state index is 12.0. The number of hydrogen-bond donors (Lipinski definition) is 1. The third-order valence-corrected chi connectivity index (χ3v) is 3.06. The highest BCUT2D eigenvalue weighted by molar-refractivity contribution is 7.13. The number of aromatic nitrogens is 1. The first kappa shape index (κ1) is 12.9. The minimum atomic E-state index is -1.37. The largest absolute Gasteiger partial charge is 0.300 e. The molecule has 0 unspecified atom stereocenters. The molecule has 19 heavy (non-hydrogen) atoms. The van der Waals surface area contributed by atoms with Gasteiger partial charge in [0.2, 0.25) is 0 Å². The maximum absolute atomic E-state index is 12.0. The number of rotatable bonds is 4. The zero-order valence-corrected chi connectivity index (χ0v) is 10.6. The molecular formula is C13H9N3O2S. The second kappa shape index (κ2) is 5.89. The third-order valence-electron chi connectivity index (χ3n) is 2.37. The van der Waals surface area contributed by atoms with E-state index >= 15 is 0 Å². The quantitative estimate of drug-likeness (QED) is 0.682. The molecule has 0 fully saturated rings. The van der Waals surface area contributed by atoms with Gasteiger partial charge in [0, 0.05) is 17.1 Å². The van der Waals surface area contributed by atoms with Crippen molar-refractivity contribution in [2.24, 2.45) is 5.92 Å². The van der Waals surface area contributed by atoms with E-state index in [1.807, 2.05) is 0 Å². The van der Waals surface area contributed by atoms with Crippen LogP contribution in [0.5, 0.6) is 0 Å². The van der Waals surface area contributed by atoms with Crippen LogP contribution in [0.4, 0.5) is 5.13 Å². The van der Waals surface area contributed by atoms with Crippen LogP contribution in [-0.2, 0) is 4.79 Å². The summed E-state index contributed by atoms with van der Waals surface area (Å²) in [6.07, 6.45) is 1.53. The van der Waals surface area contributed by atoms with Gasteiger partial charge >= 0.3 is 0 Å². The van der Waals surface area contributed by atoms with Gasteiger partial charge in [-0.25, -0.2) is 4.98 Å². The fraction of sp³-hybridized carbons (Fsp3) is 0.0769. The molecule has 94 valence electrons. The van der Waals surface area contributed by atoms with Crippen LogP contribution in [0.1, 0.15) is 10.4 Å². The van der Waals surface area contributed by atoms with Crippen molar-refractivity contribution in [2.45, 2.75) is 0 Å². The molecule has 1 aromatic carbocycles. The number of anilines is 1. The molecule has 0 spiro atoms. The Kier molecular flexibility index (Phi) is 4.00. The van der Waals surface area contributed by atoms with Gasteiger partial charge in [-0.15, -0.1) is 11.3 Å². The van der Waals surface area contributed by atoms with Gasteiger partial charge in [-0.05, 0) is 0 Å². The Morgan fingerprint density at radius 2 is 2.05 bits per heavy atom. The smallest absolute Gasteiger partial charge is 0.251 e. The number of nitrogens with zero attached hydrogens (tertiary/aromatic N) is 2. The fourth-order valence-corrected chi connectivity index (χ4v) is 2.00. The van der Waals surface area contributed by atoms with E-state index in [-0.39, 0.29) is 0 Å². The molecule has 1 amide bonds. The summed E-state index contributed by atoms with van der Waals surface area (Å²) in [4.78, 5) is 27.8. The van der Waals surface area contributed by atoms with E-state index in [9.17, 15) is 9.59 Å². The topological polar surface area (TPSA) is 82.8 Å². The lowest BCUT2D eigenvalue weighted by molar-refractivity contribution is -0.117. The number of nitriles is 1. The van der Waals surface area contributed by atoms with Gasteiger partial charge in [0.15, 0.2) is 16.8 Å². The highest BCUT2D eigenvalue weighted by Crippen LogP contribution is 2.14. The van der Waals surface area contributed by atoms with Crippen LogP contribution in [0.25, 0.3) is 0 Å². The molecule has 1 atom stereocenters. The molecule has 0 aliphatic heterocycles. The van der Waals surface area contributed by atoms with Crippen LogP contribution in [0.15, 0.2) is 41.9 Å². The van der Waals surface area contributed by atoms with Crippen LogP contribution in [0, 0.1) is 17.2 Å². The zero-order valence-electron chi connectivity index (χ0n) is 9.74. The summed E-state index contributed by atoms with van der Waals surface area (Å²) in [6.45, 7) is 0. The first-order valence-corrected chi connectivity index (χ1v) is 6.29. The van der Waals surface area contributed by atoms with E-state index < -0.39 is 17.6 Å². The Hall–Kier alpha value is -2.52. The lowest BCUT2D eigenvalue weighted by Gasteiger charge is -2.07. The fourth-order valence-electron chi connectivity index (χ4n) is 1.47. The van der Waals surface area contributed by atoms with Crippen molar-refractivity contribution in [3.05, 3.63) is 47.5 Å². The summed E-state index contributed by atoms with van der Waals surface area (Å²) in [5, 5.41) is 13.5. The zero-order chi connectivity index (χ0) is 13.7. The van der Waals surface area contributed by atoms with Gasteiger partial charge in [0.1, 0.15) is 0 Å². The third kappa shape index (κ3) is 3.03. The summed E-state index contributed by atoms with van der Waals surface area (Å²) in [6, 6.07) is 9.99. The molecule has 1 aromatic heterocycles. The first-order valence-electron chi connectivity index (χ1n) is 5.41. The second-order valence-corrected chi connectivity index (χ2v) is 4.51. The van der Waals surface area contributed by atoms with E-state index in [0.717, 1.165) is 0 Å². The van der Waals surface area contributed by atoms with Gasteiger partial charge in [-0.1, -0.05) is 30.3 Å². The number of benzene rings is 1. The number of hydrogen-bond acceptors (Lipinski definition) is 5. The average molecular weight is 271 g/mol. The summed E-state index contributed by atoms with van der Waals surface area (Å²) in [5.74, 6) is -2.55. The van der Waals surface area contributed by atoms with Crippen molar-refractivity contribution >= 4 is 28.2 Å². The minimum Gasteiger partial charge on any atom is -0.300 e. The number of carbonyl (C=O) groups excluding carboxylic acids is 2. The van der Waals surface area contributed by atoms with Gasteiger partial charge < -0.3 is 5.32 Å². The van der Waals surface area contributed by atoms with Crippen molar-refractivity contribution in [3.63, 3.8) is 0 Å². The summed E-state index contributed by atoms with van der Waals surface area (Å²) in [7, 11) is 0. The van der Waals surface area contributed by atoms with E-state index in [1.54, 1.807) is 41.8 Å². The van der Waals surface area contributed by atoms with E-state index in [2.05, 4.69) is 10.3 Å².